The molecule has 0 atom stereocenters. The Kier molecular flexibility index (Phi) is 5.26. The van der Waals surface area contributed by atoms with E-state index in [9.17, 15) is 9.18 Å². The standard InChI is InChI=1S/C19H15ClFN3O/c20-14-2-1-3-16(10-14)24-17-8-9-18(22-12-17)19(25)23-11-13-4-6-15(21)7-5-13/h1-10,12,24H,11H2,(H,23,25). The first kappa shape index (κ1) is 16.9. The number of carbonyl (C=O) groups is 1. The molecular formula is C19H15ClFN3O. The molecule has 1 aromatic heterocycles. The lowest BCUT2D eigenvalue weighted by atomic mass is 10.2. The molecule has 1 heterocycles. The average molecular weight is 356 g/mol. The molecule has 0 fully saturated rings. The maximum Gasteiger partial charge on any atom is 0.270 e. The highest BCUT2D eigenvalue weighted by Crippen LogP contribution is 2.19. The molecule has 0 saturated carbocycles. The molecular weight excluding hydrogens is 341 g/mol. The van der Waals surface area contributed by atoms with Gasteiger partial charge in [-0.3, -0.25) is 4.79 Å². The summed E-state index contributed by atoms with van der Waals surface area (Å²) in [7, 11) is 0. The number of halogens is 2. The van der Waals surface area contributed by atoms with E-state index in [0.717, 1.165) is 16.9 Å². The lowest BCUT2D eigenvalue weighted by molar-refractivity contribution is 0.0946. The molecule has 0 aliphatic heterocycles. The molecule has 2 N–H and O–H groups in total. The molecule has 2 aromatic carbocycles. The van der Waals surface area contributed by atoms with Gasteiger partial charge < -0.3 is 10.6 Å². The Labute approximate surface area is 149 Å². The van der Waals surface area contributed by atoms with Crippen molar-refractivity contribution >= 4 is 28.9 Å². The second-order valence-corrected chi connectivity index (χ2v) is 5.81. The van der Waals surface area contributed by atoms with Crippen LogP contribution in [0.2, 0.25) is 5.02 Å². The van der Waals surface area contributed by atoms with Crippen molar-refractivity contribution in [3.8, 4) is 0 Å². The van der Waals surface area contributed by atoms with Crippen LogP contribution in [-0.2, 0) is 6.54 Å². The average Bonchev–Trinajstić information content (AvgIpc) is 2.62. The minimum atomic E-state index is -0.306. The predicted molar refractivity (Wildman–Crippen MR) is 96.5 cm³/mol. The van der Waals surface area contributed by atoms with Gasteiger partial charge in [-0.2, -0.15) is 0 Å². The van der Waals surface area contributed by atoms with Crippen molar-refractivity contribution in [2.45, 2.75) is 6.54 Å². The van der Waals surface area contributed by atoms with Crippen molar-refractivity contribution in [3.63, 3.8) is 0 Å². The maximum absolute atomic E-state index is 12.9. The molecule has 0 aliphatic carbocycles. The van der Waals surface area contributed by atoms with Crippen molar-refractivity contribution in [2.24, 2.45) is 0 Å². The van der Waals surface area contributed by atoms with Gasteiger partial charge in [0, 0.05) is 17.3 Å². The normalized spacial score (nSPS) is 10.3. The topological polar surface area (TPSA) is 54.0 Å². The fourth-order valence-corrected chi connectivity index (χ4v) is 2.40. The number of benzene rings is 2. The van der Waals surface area contributed by atoms with E-state index in [1.54, 1.807) is 42.6 Å². The van der Waals surface area contributed by atoms with Crippen molar-refractivity contribution < 1.29 is 9.18 Å². The molecule has 25 heavy (non-hydrogen) atoms. The predicted octanol–water partition coefficient (Wildman–Crippen LogP) is 4.55. The number of hydrogen-bond acceptors (Lipinski definition) is 3. The Morgan fingerprint density at radius 3 is 2.52 bits per heavy atom. The van der Waals surface area contributed by atoms with E-state index >= 15 is 0 Å². The summed E-state index contributed by atoms with van der Waals surface area (Å²) < 4.78 is 12.9. The first-order valence-electron chi connectivity index (χ1n) is 7.61. The van der Waals surface area contributed by atoms with Crippen LogP contribution in [0.1, 0.15) is 16.1 Å². The summed E-state index contributed by atoms with van der Waals surface area (Å²) in [6, 6.07) is 16.7. The summed E-state index contributed by atoms with van der Waals surface area (Å²) in [4.78, 5) is 16.3. The Balaban J connectivity index is 1.59. The van der Waals surface area contributed by atoms with Crippen LogP contribution in [0, 0.1) is 5.82 Å². The zero-order chi connectivity index (χ0) is 17.6. The van der Waals surface area contributed by atoms with Gasteiger partial charge in [0.2, 0.25) is 0 Å². The van der Waals surface area contributed by atoms with Crippen LogP contribution in [0.4, 0.5) is 15.8 Å². The number of anilines is 2. The molecule has 4 nitrogen and oxygen atoms in total. The second-order valence-electron chi connectivity index (χ2n) is 5.38. The van der Waals surface area contributed by atoms with Gasteiger partial charge in [0.15, 0.2) is 0 Å². The molecule has 3 rings (SSSR count). The summed E-state index contributed by atoms with van der Waals surface area (Å²) in [6.07, 6.45) is 1.58. The number of nitrogens with one attached hydrogen (secondary N) is 2. The van der Waals surface area contributed by atoms with Gasteiger partial charge in [-0.1, -0.05) is 29.8 Å². The highest BCUT2D eigenvalue weighted by atomic mass is 35.5. The zero-order valence-electron chi connectivity index (χ0n) is 13.2. The lowest BCUT2D eigenvalue weighted by Crippen LogP contribution is -2.23. The molecule has 0 aliphatic rings. The highest BCUT2D eigenvalue weighted by Gasteiger charge is 2.07. The summed E-state index contributed by atoms with van der Waals surface area (Å²) >= 11 is 5.94. The van der Waals surface area contributed by atoms with Crippen molar-refractivity contribution in [1.29, 1.82) is 0 Å². The van der Waals surface area contributed by atoms with Crippen LogP contribution in [-0.4, -0.2) is 10.9 Å². The largest absolute Gasteiger partial charge is 0.354 e. The SMILES string of the molecule is O=C(NCc1ccc(F)cc1)c1ccc(Nc2cccc(Cl)c2)cn1. The number of nitrogens with zero attached hydrogens (tertiary/aromatic N) is 1. The zero-order valence-corrected chi connectivity index (χ0v) is 13.9. The minimum Gasteiger partial charge on any atom is -0.354 e. The smallest absolute Gasteiger partial charge is 0.270 e. The molecule has 0 bridgehead atoms. The van der Waals surface area contributed by atoms with Gasteiger partial charge >= 0.3 is 0 Å². The molecule has 126 valence electrons. The van der Waals surface area contributed by atoms with Crippen molar-refractivity contribution in [1.82, 2.24) is 10.3 Å². The molecule has 6 heteroatoms. The fraction of sp³-hybridized carbons (Fsp3) is 0.0526. The lowest BCUT2D eigenvalue weighted by Gasteiger charge is -2.08. The van der Waals surface area contributed by atoms with E-state index in [4.69, 9.17) is 11.6 Å². The third-order valence-corrected chi connectivity index (χ3v) is 3.71. The number of carbonyl (C=O) groups excluding carboxylic acids is 1. The van der Waals surface area contributed by atoms with Crippen molar-refractivity contribution in [3.05, 3.63) is 89.0 Å². The monoisotopic (exact) mass is 355 g/mol. The summed E-state index contributed by atoms with van der Waals surface area (Å²) in [5.41, 5.74) is 2.70. The Hall–Kier alpha value is -2.92. The number of hydrogen-bond donors (Lipinski definition) is 2. The van der Waals surface area contributed by atoms with E-state index in [-0.39, 0.29) is 11.7 Å². The van der Waals surface area contributed by atoms with E-state index < -0.39 is 0 Å². The van der Waals surface area contributed by atoms with Gasteiger partial charge in [-0.05, 0) is 48.0 Å². The first-order chi connectivity index (χ1) is 12.1. The fourth-order valence-electron chi connectivity index (χ4n) is 2.21. The van der Waals surface area contributed by atoms with Crippen LogP contribution in [0.15, 0.2) is 66.9 Å². The van der Waals surface area contributed by atoms with Gasteiger partial charge in [-0.15, -0.1) is 0 Å². The van der Waals surface area contributed by atoms with E-state index in [1.807, 2.05) is 12.1 Å². The molecule has 0 radical (unpaired) electrons. The third-order valence-electron chi connectivity index (χ3n) is 3.48. The summed E-state index contributed by atoms with van der Waals surface area (Å²) in [5, 5.41) is 6.54. The molecule has 1 amide bonds. The minimum absolute atomic E-state index is 0.293. The summed E-state index contributed by atoms with van der Waals surface area (Å²) in [6.45, 7) is 0.309. The van der Waals surface area contributed by atoms with Crippen molar-refractivity contribution in [2.75, 3.05) is 5.32 Å². The number of pyridine rings is 1. The molecule has 0 spiro atoms. The first-order valence-corrected chi connectivity index (χ1v) is 7.99. The highest BCUT2D eigenvalue weighted by molar-refractivity contribution is 6.30. The second kappa shape index (κ2) is 7.77. The van der Waals surface area contributed by atoms with Crippen LogP contribution in [0.3, 0.4) is 0 Å². The van der Waals surface area contributed by atoms with Crippen LogP contribution >= 0.6 is 11.6 Å². The van der Waals surface area contributed by atoms with Crippen LogP contribution < -0.4 is 10.6 Å². The van der Waals surface area contributed by atoms with Gasteiger partial charge in [0.1, 0.15) is 11.5 Å². The van der Waals surface area contributed by atoms with E-state index in [2.05, 4.69) is 15.6 Å². The maximum atomic E-state index is 12.9. The Morgan fingerprint density at radius 1 is 1.04 bits per heavy atom. The number of amides is 1. The number of aromatic nitrogens is 1. The third kappa shape index (κ3) is 4.78. The molecule has 3 aromatic rings. The molecule has 0 unspecified atom stereocenters. The molecule has 0 saturated heterocycles. The van der Waals surface area contributed by atoms with Gasteiger partial charge in [-0.25, -0.2) is 9.37 Å². The summed E-state index contributed by atoms with van der Waals surface area (Å²) in [5.74, 6) is -0.599. The van der Waals surface area contributed by atoms with Gasteiger partial charge in [0.25, 0.3) is 5.91 Å². The van der Waals surface area contributed by atoms with Crippen LogP contribution in [0.25, 0.3) is 0 Å². The Morgan fingerprint density at radius 2 is 1.84 bits per heavy atom. The van der Waals surface area contributed by atoms with E-state index in [0.29, 0.717) is 17.3 Å². The van der Waals surface area contributed by atoms with E-state index in [1.165, 1.54) is 12.1 Å². The van der Waals surface area contributed by atoms with Crippen LogP contribution in [0.5, 0.6) is 0 Å². The van der Waals surface area contributed by atoms with Gasteiger partial charge in [0.05, 0.1) is 11.9 Å². The Bertz CT molecular complexity index is 867. The number of rotatable bonds is 5. The quantitative estimate of drug-likeness (QED) is 0.706.